The van der Waals surface area contributed by atoms with E-state index in [-0.39, 0.29) is 22.2 Å². The van der Waals surface area contributed by atoms with E-state index < -0.39 is 6.29 Å². The first-order valence-electron chi connectivity index (χ1n) is 9.46. The molecule has 0 aliphatic heterocycles. The van der Waals surface area contributed by atoms with E-state index in [1.807, 2.05) is 0 Å². The van der Waals surface area contributed by atoms with Gasteiger partial charge in [-0.05, 0) is 37.0 Å². The van der Waals surface area contributed by atoms with Crippen LogP contribution in [0.1, 0.15) is 86.5 Å². The number of ether oxygens (including phenoxy) is 2. The summed E-state index contributed by atoms with van der Waals surface area (Å²) in [6.07, 6.45) is 7.31. The summed E-state index contributed by atoms with van der Waals surface area (Å²) < 4.78 is 12.2. The molecular formula is C20H36O3. The van der Waals surface area contributed by atoms with Gasteiger partial charge in [0.15, 0.2) is 0 Å². The minimum Gasteiger partial charge on any atom is -0.435 e. The highest BCUT2D eigenvalue weighted by Crippen LogP contribution is 2.56. The fourth-order valence-corrected chi connectivity index (χ4v) is 3.92. The first-order chi connectivity index (χ1) is 10.6. The van der Waals surface area contributed by atoms with Gasteiger partial charge in [-0.15, -0.1) is 0 Å². The van der Waals surface area contributed by atoms with Gasteiger partial charge in [0.2, 0.25) is 6.29 Å². The first-order valence-corrected chi connectivity index (χ1v) is 9.46. The summed E-state index contributed by atoms with van der Waals surface area (Å²) >= 11 is 0. The Morgan fingerprint density at radius 1 is 1.22 bits per heavy atom. The van der Waals surface area contributed by atoms with Crippen molar-refractivity contribution in [2.24, 2.45) is 22.2 Å². The lowest BCUT2D eigenvalue weighted by atomic mass is 9.75. The van der Waals surface area contributed by atoms with Gasteiger partial charge in [-0.3, -0.25) is 4.79 Å². The van der Waals surface area contributed by atoms with Crippen molar-refractivity contribution in [3.63, 3.8) is 0 Å². The van der Waals surface area contributed by atoms with Crippen LogP contribution in [-0.2, 0) is 14.3 Å². The molecule has 0 radical (unpaired) electrons. The Morgan fingerprint density at radius 3 is 2.22 bits per heavy atom. The summed E-state index contributed by atoms with van der Waals surface area (Å²) in [5, 5.41) is 0. The van der Waals surface area contributed by atoms with Crippen LogP contribution in [0.15, 0.2) is 0 Å². The number of esters is 1. The fourth-order valence-electron chi connectivity index (χ4n) is 3.92. The minimum absolute atomic E-state index is 0.0294. The van der Waals surface area contributed by atoms with Gasteiger partial charge in [-0.1, -0.05) is 60.8 Å². The van der Waals surface area contributed by atoms with Crippen LogP contribution in [0.5, 0.6) is 0 Å². The third-order valence-corrected chi connectivity index (χ3v) is 5.94. The number of carbonyl (C=O) groups excluding carboxylic acids is 1. The molecular weight excluding hydrogens is 288 g/mol. The molecule has 3 unspecified atom stereocenters. The predicted molar refractivity (Wildman–Crippen MR) is 93.0 cm³/mol. The van der Waals surface area contributed by atoms with Gasteiger partial charge in [-0.2, -0.15) is 0 Å². The molecule has 0 heterocycles. The molecule has 0 N–H and O–H groups in total. The van der Waals surface area contributed by atoms with Crippen molar-refractivity contribution in [1.82, 2.24) is 0 Å². The molecule has 3 atom stereocenters. The van der Waals surface area contributed by atoms with E-state index in [2.05, 4.69) is 41.5 Å². The van der Waals surface area contributed by atoms with Crippen LogP contribution < -0.4 is 0 Å². The monoisotopic (exact) mass is 324 g/mol. The zero-order chi connectivity index (χ0) is 17.3. The van der Waals surface area contributed by atoms with Crippen molar-refractivity contribution in [2.75, 3.05) is 6.61 Å². The van der Waals surface area contributed by atoms with Gasteiger partial charge in [0, 0.05) is 5.41 Å². The molecule has 3 nitrogen and oxygen atoms in total. The highest BCUT2D eigenvalue weighted by atomic mass is 16.7. The van der Waals surface area contributed by atoms with E-state index in [1.165, 1.54) is 19.3 Å². The number of rotatable bonds is 6. The maximum atomic E-state index is 12.8. The Morgan fingerprint density at radius 2 is 1.78 bits per heavy atom. The standard InChI is InChI=1S/C20H36O3/c1-7-20(13-15(20)2)16(21)23-17(22-14-18(3,4)5)19(6)11-9-8-10-12-19/h15,17H,7-14H2,1-6H3. The Hall–Kier alpha value is -0.570. The highest BCUT2D eigenvalue weighted by Gasteiger charge is 2.58. The summed E-state index contributed by atoms with van der Waals surface area (Å²) in [4.78, 5) is 12.8. The summed E-state index contributed by atoms with van der Waals surface area (Å²) in [6, 6.07) is 0. The molecule has 2 rings (SSSR count). The molecule has 3 heteroatoms. The third kappa shape index (κ3) is 4.29. The molecule has 2 aliphatic carbocycles. The molecule has 0 aromatic rings. The topological polar surface area (TPSA) is 35.5 Å². The predicted octanol–water partition coefficient (Wildman–Crippen LogP) is 5.33. The molecule has 0 amide bonds. The lowest BCUT2D eigenvalue weighted by molar-refractivity contribution is -0.226. The van der Waals surface area contributed by atoms with Crippen LogP contribution in [0.3, 0.4) is 0 Å². The van der Waals surface area contributed by atoms with Crippen molar-refractivity contribution in [3.05, 3.63) is 0 Å². The third-order valence-electron chi connectivity index (χ3n) is 5.94. The number of carbonyl (C=O) groups is 1. The minimum atomic E-state index is -0.397. The van der Waals surface area contributed by atoms with Crippen LogP contribution in [0.2, 0.25) is 0 Å². The maximum absolute atomic E-state index is 12.8. The molecule has 0 aromatic heterocycles. The van der Waals surface area contributed by atoms with Crippen LogP contribution in [-0.4, -0.2) is 18.9 Å². The Labute approximate surface area is 142 Å². The second-order valence-electron chi connectivity index (χ2n) is 9.44. The van der Waals surface area contributed by atoms with E-state index in [1.54, 1.807) is 0 Å². The van der Waals surface area contributed by atoms with E-state index in [4.69, 9.17) is 9.47 Å². The summed E-state index contributed by atoms with van der Waals surface area (Å²) in [5.74, 6) is 0.417. The molecule has 23 heavy (non-hydrogen) atoms. The van der Waals surface area contributed by atoms with E-state index in [0.29, 0.717) is 12.5 Å². The van der Waals surface area contributed by atoms with Gasteiger partial charge in [-0.25, -0.2) is 0 Å². The maximum Gasteiger partial charge on any atom is 0.314 e. The molecule has 2 fully saturated rings. The largest absolute Gasteiger partial charge is 0.435 e. The van der Waals surface area contributed by atoms with Gasteiger partial charge in [0.25, 0.3) is 0 Å². The molecule has 2 aliphatic rings. The number of hydrogen-bond donors (Lipinski definition) is 0. The molecule has 2 saturated carbocycles. The summed E-state index contributed by atoms with van der Waals surface area (Å²) in [6.45, 7) is 13.6. The van der Waals surface area contributed by atoms with E-state index >= 15 is 0 Å². The van der Waals surface area contributed by atoms with E-state index in [9.17, 15) is 4.79 Å². The molecule has 0 saturated heterocycles. The van der Waals surface area contributed by atoms with E-state index in [0.717, 1.165) is 25.7 Å². The van der Waals surface area contributed by atoms with Crippen molar-refractivity contribution in [3.8, 4) is 0 Å². The Balaban J connectivity index is 2.08. The Kier molecular flexibility index (Phi) is 5.50. The van der Waals surface area contributed by atoms with Crippen LogP contribution >= 0.6 is 0 Å². The molecule has 0 aromatic carbocycles. The average Bonchev–Trinajstić information content (AvgIpc) is 3.15. The lowest BCUT2D eigenvalue weighted by Crippen LogP contribution is -2.42. The summed E-state index contributed by atoms with van der Waals surface area (Å²) in [5.41, 5.74) is -0.203. The van der Waals surface area contributed by atoms with Crippen LogP contribution in [0.25, 0.3) is 0 Å². The second-order valence-corrected chi connectivity index (χ2v) is 9.44. The zero-order valence-electron chi connectivity index (χ0n) is 16.0. The van der Waals surface area contributed by atoms with Gasteiger partial charge >= 0.3 is 5.97 Å². The Bertz CT molecular complexity index is 413. The van der Waals surface area contributed by atoms with Gasteiger partial charge < -0.3 is 9.47 Å². The fraction of sp³-hybridized carbons (Fsp3) is 0.950. The zero-order valence-corrected chi connectivity index (χ0v) is 16.0. The second kappa shape index (κ2) is 6.74. The first kappa shape index (κ1) is 18.8. The van der Waals surface area contributed by atoms with Crippen LogP contribution in [0.4, 0.5) is 0 Å². The lowest BCUT2D eigenvalue weighted by Gasteiger charge is -2.41. The van der Waals surface area contributed by atoms with Gasteiger partial charge in [0.05, 0.1) is 12.0 Å². The van der Waals surface area contributed by atoms with Crippen molar-refractivity contribution >= 4 is 5.97 Å². The SMILES string of the molecule is CCC1(C(=O)OC(OCC(C)(C)C)C2(C)CCCCC2)CC1C. The smallest absolute Gasteiger partial charge is 0.314 e. The molecule has 134 valence electrons. The number of hydrogen-bond acceptors (Lipinski definition) is 3. The quantitative estimate of drug-likeness (QED) is 0.489. The average molecular weight is 325 g/mol. The normalized spacial score (nSPS) is 31.5. The molecule has 0 spiro atoms. The highest BCUT2D eigenvalue weighted by molar-refractivity contribution is 5.80. The van der Waals surface area contributed by atoms with Crippen molar-refractivity contribution in [1.29, 1.82) is 0 Å². The van der Waals surface area contributed by atoms with Crippen LogP contribution in [0, 0.1) is 22.2 Å². The molecule has 0 bridgehead atoms. The van der Waals surface area contributed by atoms with Crippen molar-refractivity contribution in [2.45, 2.75) is 92.8 Å². The summed E-state index contributed by atoms with van der Waals surface area (Å²) in [7, 11) is 0. The van der Waals surface area contributed by atoms with Crippen molar-refractivity contribution < 1.29 is 14.3 Å². The van der Waals surface area contributed by atoms with Gasteiger partial charge in [0.1, 0.15) is 0 Å².